The average molecular weight is 422 g/mol. The Bertz CT molecular complexity index is 1060. The van der Waals surface area contributed by atoms with Gasteiger partial charge < -0.3 is 19.2 Å². The standard InChI is InChI=1S/C26H31NO4/c1-6-18(5)27-26(28)13-17(4)21-14-22-23(16-31-25(22)15-24(21)30-8-3)19-9-11-20(12-10-19)29-7-2/h9-16,18H,6-8H2,1-5H3,(H,27,28)/b17-13+. The van der Waals surface area contributed by atoms with Crippen LogP contribution in [-0.2, 0) is 4.79 Å². The molecule has 1 atom stereocenters. The molecule has 3 rings (SSSR count). The van der Waals surface area contributed by atoms with Gasteiger partial charge in [-0.1, -0.05) is 19.1 Å². The van der Waals surface area contributed by atoms with Crippen molar-refractivity contribution in [2.24, 2.45) is 0 Å². The van der Waals surface area contributed by atoms with Crippen molar-refractivity contribution in [2.75, 3.05) is 13.2 Å². The molecule has 1 amide bonds. The van der Waals surface area contributed by atoms with E-state index in [-0.39, 0.29) is 11.9 Å². The van der Waals surface area contributed by atoms with Crippen molar-refractivity contribution >= 4 is 22.4 Å². The summed E-state index contributed by atoms with van der Waals surface area (Å²) in [7, 11) is 0. The number of ether oxygens (including phenoxy) is 2. The van der Waals surface area contributed by atoms with Crippen LogP contribution in [0.4, 0.5) is 0 Å². The maximum atomic E-state index is 12.4. The molecule has 0 fully saturated rings. The van der Waals surface area contributed by atoms with Crippen LogP contribution in [0.1, 0.15) is 46.6 Å². The Labute approximate surface area is 184 Å². The first kappa shape index (κ1) is 22.5. The number of amides is 1. The number of furan rings is 1. The summed E-state index contributed by atoms with van der Waals surface area (Å²) in [5.74, 6) is 1.44. The first-order chi connectivity index (χ1) is 15.0. The van der Waals surface area contributed by atoms with E-state index in [0.29, 0.717) is 19.0 Å². The summed E-state index contributed by atoms with van der Waals surface area (Å²) in [6.45, 7) is 11.0. The van der Waals surface area contributed by atoms with Crippen LogP contribution in [0.5, 0.6) is 11.5 Å². The maximum absolute atomic E-state index is 12.4. The highest BCUT2D eigenvalue weighted by atomic mass is 16.5. The van der Waals surface area contributed by atoms with Crippen molar-refractivity contribution in [3.05, 3.63) is 54.3 Å². The van der Waals surface area contributed by atoms with Gasteiger partial charge in [0.15, 0.2) is 0 Å². The van der Waals surface area contributed by atoms with Crippen LogP contribution in [0, 0.1) is 0 Å². The molecule has 1 heterocycles. The number of rotatable bonds is 9. The second-order valence-corrected chi connectivity index (χ2v) is 7.53. The smallest absolute Gasteiger partial charge is 0.244 e. The molecular formula is C26H31NO4. The molecular weight excluding hydrogens is 390 g/mol. The van der Waals surface area contributed by atoms with Crippen LogP contribution >= 0.6 is 0 Å². The Balaban J connectivity index is 2.03. The summed E-state index contributed by atoms with van der Waals surface area (Å²) in [6.07, 6.45) is 4.27. The van der Waals surface area contributed by atoms with Crippen LogP contribution in [0.3, 0.4) is 0 Å². The predicted molar refractivity (Wildman–Crippen MR) is 126 cm³/mol. The Morgan fingerprint density at radius 2 is 1.81 bits per heavy atom. The van der Waals surface area contributed by atoms with Gasteiger partial charge in [-0.15, -0.1) is 0 Å². The van der Waals surface area contributed by atoms with Crippen LogP contribution < -0.4 is 14.8 Å². The monoisotopic (exact) mass is 421 g/mol. The van der Waals surface area contributed by atoms with E-state index in [1.165, 1.54) is 0 Å². The summed E-state index contributed by atoms with van der Waals surface area (Å²) in [5, 5.41) is 3.95. The summed E-state index contributed by atoms with van der Waals surface area (Å²) in [6, 6.07) is 12.0. The minimum absolute atomic E-state index is 0.103. The van der Waals surface area contributed by atoms with Gasteiger partial charge in [-0.3, -0.25) is 4.79 Å². The molecule has 0 radical (unpaired) electrons. The largest absolute Gasteiger partial charge is 0.494 e. The predicted octanol–water partition coefficient (Wildman–Crippen LogP) is 6.22. The van der Waals surface area contributed by atoms with Crippen molar-refractivity contribution in [3.63, 3.8) is 0 Å². The Kier molecular flexibility index (Phi) is 7.40. The van der Waals surface area contributed by atoms with E-state index in [1.54, 1.807) is 12.3 Å². The number of carbonyl (C=O) groups is 1. The fraction of sp³-hybridized carbons (Fsp3) is 0.346. The minimum Gasteiger partial charge on any atom is -0.494 e. The topological polar surface area (TPSA) is 60.7 Å². The van der Waals surface area contributed by atoms with Gasteiger partial charge in [0.25, 0.3) is 0 Å². The highest BCUT2D eigenvalue weighted by molar-refractivity contribution is 6.00. The number of benzene rings is 2. The third-order valence-corrected chi connectivity index (χ3v) is 5.23. The molecule has 164 valence electrons. The van der Waals surface area contributed by atoms with Crippen molar-refractivity contribution in [1.29, 1.82) is 0 Å². The lowest BCUT2D eigenvalue weighted by molar-refractivity contribution is -0.117. The number of allylic oxidation sites excluding steroid dienone is 1. The van der Waals surface area contributed by atoms with E-state index in [9.17, 15) is 4.79 Å². The van der Waals surface area contributed by atoms with Crippen LogP contribution in [0.25, 0.3) is 27.7 Å². The molecule has 0 aliphatic heterocycles. The minimum atomic E-state index is -0.103. The zero-order chi connectivity index (χ0) is 22.4. The first-order valence-corrected chi connectivity index (χ1v) is 10.9. The van der Waals surface area contributed by atoms with Crippen LogP contribution in [0.15, 0.2) is 53.2 Å². The van der Waals surface area contributed by atoms with Crippen molar-refractivity contribution in [2.45, 2.75) is 47.1 Å². The van der Waals surface area contributed by atoms with Gasteiger partial charge in [0, 0.05) is 34.7 Å². The number of carbonyl (C=O) groups excluding carboxylic acids is 1. The first-order valence-electron chi connectivity index (χ1n) is 10.9. The molecule has 2 aromatic carbocycles. The molecule has 3 aromatic rings. The Hall–Kier alpha value is -3.21. The van der Waals surface area contributed by atoms with Gasteiger partial charge in [0.2, 0.25) is 5.91 Å². The maximum Gasteiger partial charge on any atom is 0.244 e. The van der Waals surface area contributed by atoms with Gasteiger partial charge in [0.1, 0.15) is 17.1 Å². The van der Waals surface area contributed by atoms with E-state index >= 15 is 0 Å². The second kappa shape index (κ2) is 10.2. The van der Waals surface area contributed by atoms with E-state index in [4.69, 9.17) is 13.9 Å². The fourth-order valence-electron chi connectivity index (χ4n) is 3.42. The summed E-state index contributed by atoms with van der Waals surface area (Å²) in [4.78, 5) is 12.4. The normalized spacial score (nSPS) is 12.6. The molecule has 31 heavy (non-hydrogen) atoms. The number of hydrogen-bond donors (Lipinski definition) is 1. The highest BCUT2D eigenvalue weighted by Crippen LogP contribution is 2.37. The van der Waals surface area contributed by atoms with Gasteiger partial charge in [-0.25, -0.2) is 0 Å². The zero-order valence-electron chi connectivity index (χ0n) is 19.0. The van der Waals surface area contributed by atoms with E-state index < -0.39 is 0 Å². The molecule has 0 saturated heterocycles. The van der Waals surface area contributed by atoms with Crippen molar-refractivity contribution in [3.8, 4) is 22.6 Å². The molecule has 0 aliphatic carbocycles. The lowest BCUT2D eigenvalue weighted by atomic mass is 9.99. The molecule has 5 nitrogen and oxygen atoms in total. The molecule has 5 heteroatoms. The van der Waals surface area contributed by atoms with Gasteiger partial charge in [0.05, 0.1) is 19.5 Å². The van der Waals surface area contributed by atoms with Crippen molar-refractivity contribution < 1.29 is 18.7 Å². The fourth-order valence-corrected chi connectivity index (χ4v) is 3.42. The second-order valence-electron chi connectivity index (χ2n) is 7.53. The molecule has 0 spiro atoms. The number of nitrogens with one attached hydrogen (secondary N) is 1. The lowest BCUT2D eigenvalue weighted by Crippen LogP contribution is -2.30. The lowest BCUT2D eigenvalue weighted by Gasteiger charge is -2.13. The summed E-state index contributed by atoms with van der Waals surface area (Å²) < 4.78 is 17.2. The molecule has 0 aliphatic rings. The van der Waals surface area contributed by atoms with E-state index in [1.807, 2.05) is 71.0 Å². The zero-order valence-corrected chi connectivity index (χ0v) is 19.0. The SMILES string of the molecule is CCOc1ccc(-c2coc3cc(OCC)c(/C(C)=C/C(=O)NC(C)CC)cc23)cc1. The molecule has 1 N–H and O–H groups in total. The Morgan fingerprint density at radius 1 is 1.10 bits per heavy atom. The summed E-state index contributed by atoms with van der Waals surface area (Å²) in [5.41, 5.74) is 4.48. The quantitative estimate of drug-likeness (QED) is 0.417. The summed E-state index contributed by atoms with van der Waals surface area (Å²) >= 11 is 0. The van der Waals surface area contributed by atoms with Crippen LogP contribution in [-0.4, -0.2) is 25.2 Å². The van der Waals surface area contributed by atoms with E-state index in [2.05, 4.69) is 5.32 Å². The molecule has 0 bridgehead atoms. The molecule has 1 aromatic heterocycles. The van der Waals surface area contributed by atoms with E-state index in [0.717, 1.165) is 45.4 Å². The van der Waals surface area contributed by atoms with Gasteiger partial charge >= 0.3 is 0 Å². The van der Waals surface area contributed by atoms with Crippen LogP contribution in [0.2, 0.25) is 0 Å². The van der Waals surface area contributed by atoms with Gasteiger partial charge in [-0.05, 0) is 63.5 Å². The average Bonchev–Trinajstić information content (AvgIpc) is 3.16. The number of fused-ring (bicyclic) bond motifs is 1. The van der Waals surface area contributed by atoms with Crippen molar-refractivity contribution in [1.82, 2.24) is 5.32 Å². The molecule has 1 unspecified atom stereocenters. The molecule has 0 saturated carbocycles. The third-order valence-electron chi connectivity index (χ3n) is 5.23. The number of hydrogen-bond acceptors (Lipinski definition) is 4. The van der Waals surface area contributed by atoms with Gasteiger partial charge in [-0.2, -0.15) is 0 Å². The highest BCUT2D eigenvalue weighted by Gasteiger charge is 2.15. The Morgan fingerprint density at radius 3 is 2.45 bits per heavy atom. The third kappa shape index (κ3) is 5.29.